The van der Waals surface area contributed by atoms with Crippen molar-refractivity contribution >= 4 is 17.7 Å². The highest BCUT2D eigenvalue weighted by Gasteiger charge is 2.28. The Morgan fingerprint density at radius 3 is 2.70 bits per heavy atom. The van der Waals surface area contributed by atoms with Gasteiger partial charge in [0.15, 0.2) is 0 Å². The maximum atomic E-state index is 12.4. The van der Waals surface area contributed by atoms with Crippen molar-refractivity contribution in [2.24, 2.45) is 5.92 Å². The van der Waals surface area contributed by atoms with Crippen LogP contribution in [0.25, 0.3) is 0 Å². The van der Waals surface area contributed by atoms with Gasteiger partial charge in [-0.05, 0) is 19.8 Å². The van der Waals surface area contributed by atoms with Crippen molar-refractivity contribution in [2.45, 2.75) is 51.1 Å². The van der Waals surface area contributed by atoms with Crippen LogP contribution in [0.3, 0.4) is 0 Å². The van der Waals surface area contributed by atoms with Crippen LogP contribution in [0.2, 0.25) is 0 Å². The summed E-state index contributed by atoms with van der Waals surface area (Å²) in [6.07, 6.45) is 5.62. The van der Waals surface area contributed by atoms with Crippen molar-refractivity contribution in [2.75, 3.05) is 31.2 Å². The first-order chi connectivity index (χ1) is 9.72. The van der Waals surface area contributed by atoms with E-state index in [2.05, 4.69) is 10.2 Å². The average Bonchev–Trinajstić information content (AvgIpc) is 2.72. The fraction of sp³-hybridized carbons (Fsp3) is 0.933. The van der Waals surface area contributed by atoms with Gasteiger partial charge in [-0.1, -0.05) is 19.3 Å². The summed E-state index contributed by atoms with van der Waals surface area (Å²) in [5.74, 6) is 2.63. The van der Waals surface area contributed by atoms with E-state index in [1.165, 1.54) is 12.8 Å². The first-order valence-electron chi connectivity index (χ1n) is 7.95. The van der Waals surface area contributed by atoms with Crippen LogP contribution in [0.5, 0.6) is 0 Å². The number of aliphatic hydroxyl groups excluding tert-OH is 1. The number of hydrogen-bond acceptors (Lipinski definition) is 4. The zero-order valence-corrected chi connectivity index (χ0v) is 13.3. The molecule has 0 spiro atoms. The predicted molar refractivity (Wildman–Crippen MR) is 84.0 cm³/mol. The smallest absolute Gasteiger partial charge is 0.237 e. The van der Waals surface area contributed by atoms with Crippen LogP contribution in [-0.4, -0.2) is 59.2 Å². The summed E-state index contributed by atoms with van der Waals surface area (Å²) >= 11 is 1.96. The summed E-state index contributed by atoms with van der Waals surface area (Å²) in [4.78, 5) is 14.7. The Hall–Kier alpha value is -0.260. The number of thioether (sulfide) groups is 1. The number of aliphatic hydroxyl groups is 1. The molecule has 5 heteroatoms. The van der Waals surface area contributed by atoms with Gasteiger partial charge < -0.3 is 10.4 Å². The van der Waals surface area contributed by atoms with E-state index < -0.39 is 0 Å². The van der Waals surface area contributed by atoms with E-state index in [0.29, 0.717) is 0 Å². The number of carbonyl (C=O) groups excluding carboxylic acids is 1. The molecule has 2 aliphatic rings. The Balaban J connectivity index is 1.87. The van der Waals surface area contributed by atoms with Gasteiger partial charge in [-0.2, -0.15) is 11.8 Å². The molecule has 0 unspecified atom stereocenters. The topological polar surface area (TPSA) is 52.6 Å². The Bertz CT molecular complexity index is 308. The second-order valence-electron chi connectivity index (χ2n) is 6.02. The second-order valence-corrected chi connectivity index (χ2v) is 7.24. The molecule has 1 aliphatic heterocycles. The Kier molecular flexibility index (Phi) is 6.65. The first-order valence-corrected chi connectivity index (χ1v) is 9.11. The molecule has 4 nitrogen and oxygen atoms in total. The maximum absolute atomic E-state index is 12.4. The number of carbonyl (C=O) groups is 1. The second kappa shape index (κ2) is 8.25. The monoisotopic (exact) mass is 300 g/mol. The van der Waals surface area contributed by atoms with Crippen LogP contribution < -0.4 is 5.32 Å². The highest BCUT2D eigenvalue weighted by atomic mass is 32.2. The third-order valence-electron chi connectivity index (χ3n) is 4.69. The molecule has 2 fully saturated rings. The lowest BCUT2D eigenvalue weighted by Gasteiger charge is -2.33. The number of nitrogens with one attached hydrogen (secondary N) is 1. The lowest BCUT2D eigenvalue weighted by molar-refractivity contribution is -0.127. The molecule has 116 valence electrons. The Morgan fingerprint density at radius 1 is 1.30 bits per heavy atom. The largest absolute Gasteiger partial charge is 0.396 e. The molecule has 0 radical (unpaired) electrons. The van der Waals surface area contributed by atoms with Gasteiger partial charge in [0.25, 0.3) is 0 Å². The zero-order valence-electron chi connectivity index (χ0n) is 12.5. The van der Waals surface area contributed by atoms with Crippen molar-refractivity contribution in [1.29, 1.82) is 0 Å². The van der Waals surface area contributed by atoms with Gasteiger partial charge in [0, 0.05) is 43.2 Å². The molecular formula is C15H28N2O2S. The molecule has 0 bridgehead atoms. The summed E-state index contributed by atoms with van der Waals surface area (Å²) in [5, 5.41) is 12.7. The van der Waals surface area contributed by atoms with Crippen molar-refractivity contribution in [3.8, 4) is 0 Å². The van der Waals surface area contributed by atoms with Crippen molar-refractivity contribution < 1.29 is 9.90 Å². The van der Waals surface area contributed by atoms with E-state index in [4.69, 9.17) is 0 Å². The van der Waals surface area contributed by atoms with Crippen LogP contribution >= 0.6 is 11.8 Å². The Labute approximate surface area is 126 Å². The van der Waals surface area contributed by atoms with Gasteiger partial charge in [0.2, 0.25) is 5.91 Å². The normalized spacial score (nSPS) is 30.5. The molecular weight excluding hydrogens is 272 g/mol. The van der Waals surface area contributed by atoms with Crippen molar-refractivity contribution in [3.63, 3.8) is 0 Å². The molecule has 1 amide bonds. The minimum atomic E-state index is -0.0431. The van der Waals surface area contributed by atoms with Crippen LogP contribution in [0.15, 0.2) is 0 Å². The van der Waals surface area contributed by atoms with Gasteiger partial charge in [-0.3, -0.25) is 9.69 Å². The van der Waals surface area contributed by atoms with E-state index in [-0.39, 0.29) is 30.5 Å². The minimum absolute atomic E-state index is 0.0431. The number of rotatable bonds is 4. The molecule has 2 N–H and O–H groups in total. The number of amides is 1. The van der Waals surface area contributed by atoms with E-state index >= 15 is 0 Å². The fourth-order valence-corrected chi connectivity index (χ4v) is 4.16. The first kappa shape index (κ1) is 16.1. The van der Waals surface area contributed by atoms with Crippen LogP contribution in [0.1, 0.15) is 39.0 Å². The molecule has 0 aromatic heterocycles. The van der Waals surface area contributed by atoms with Crippen LogP contribution in [0, 0.1) is 5.92 Å². The van der Waals surface area contributed by atoms with Gasteiger partial charge in [-0.15, -0.1) is 0 Å². The highest BCUT2D eigenvalue weighted by molar-refractivity contribution is 7.99. The van der Waals surface area contributed by atoms with E-state index in [9.17, 15) is 9.90 Å². The number of hydrogen-bond donors (Lipinski definition) is 2. The Morgan fingerprint density at radius 2 is 2.00 bits per heavy atom. The van der Waals surface area contributed by atoms with Crippen molar-refractivity contribution in [3.05, 3.63) is 0 Å². The van der Waals surface area contributed by atoms with Crippen molar-refractivity contribution in [1.82, 2.24) is 10.2 Å². The SMILES string of the molecule is C[C@H](C(=O)N[C@@H]1CCCCC[C@H]1CO)N1CCSCC1. The summed E-state index contributed by atoms with van der Waals surface area (Å²) in [5.41, 5.74) is 0. The molecule has 0 aromatic rings. The predicted octanol–water partition coefficient (Wildman–Crippen LogP) is 1.48. The quantitative estimate of drug-likeness (QED) is 0.772. The highest BCUT2D eigenvalue weighted by Crippen LogP contribution is 2.23. The summed E-state index contributed by atoms with van der Waals surface area (Å²) < 4.78 is 0. The van der Waals surface area contributed by atoms with E-state index in [1.54, 1.807) is 0 Å². The number of nitrogens with zero attached hydrogens (tertiary/aromatic N) is 1. The van der Waals surface area contributed by atoms with Crippen LogP contribution in [0.4, 0.5) is 0 Å². The molecule has 2 rings (SSSR count). The molecule has 1 heterocycles. The molecule has 20 heavy (non-hydrogen) atoms. The lowest BCUT2D eigenvalue weighted by atomic mass is 9.95. The lowest BCUT2D eigenvalue weighted by Crippen LogP contribution is -2.52. The third kappa shape index (κ3) is 4.37. The molecule has 1 aliphatic carbocycles. The minimum Gasteiger partial charge on any atom is -0.396 e. The van der Waals surface area contributed by atoms with Crippen LogP contribution in [-0.2, 0) is 4.79 Å². The standard InChI is InChI=1S/C15H28N2O2S/c1-12(17-7-9-20-10-8-17)15(19)16-14-6-4-2-3-5-13(14)11-18/h12-14,18H,2-11H2,1H3,(H,16,19)/t12-,13+,14-/m1/s1. The van der Waals surface area contributed by atoms with E-state index in [1.807, 2.05) is 18.7 Å². The molecule has 1 saturated heterocycles. The average molecular weight is 300 g/mol. The van der Waals surface area contributed by atoms with Gasteiger partial charge >= 0.3 is 0 Å². The summed E-state index contributed by atoms with van der Waals surface area (Å²) in [6, 6.07) is 0.120. The maximum Gasteiger partial charge on any atom is 0.237 e. The zero-order chi connectivity index (χ0) is 14.4. The van der Waals surface area contributed by atoms with Gasteiger partial charge in [-0.25, -0.2) is 0 Å². The molecule has 0 aromatic carbocycles. The fourth-order valence-electron chi connectivity index (χ4n) is 3.23. The summed E-state index contributed by atoms with van der Waals surface area (Å²) in [7, 11) is 0. The van der Waals surface area contributed by atoms with Gasteiger partial charge in [0.1, 0.15) is 0 Å². The molecule has 3 atom stereocenters. The molecule has 1 saturated carbocycles. The third-order valence-corrected chi connectivity index (χ3v) is 5.64. The van der Waals surface area contributed by atoms with E-state index in [0.717, 1.165) is 43.9 Å². The van der Waals surface area contributed by atoms with Gasteiger partial charge in [0.05, 0.1) is 6.04 Å². The summed E-state index contributed by atoms with van der Waals surface area (Å²) in [6.45, 7) is 4.22.